The number of aromatic nitrogens is 2. The largest absolute Gasteiger partial charge is 0.416 e. The second-order valence-corrected chi connectivity index (χ2v) is 7.11. The molecule has 2 amide bonds. The molecule has 0 unspecified atom stereocenters. The van der Waals surface area contributed by atoms with Gasteiger partial charge in [0.1, 0.15) is 17.6 Å². The van der Waals surface area contributed by atoms with E-state index in [1.807, 2.05) is 16.7 Å². The number of carbonyl (C=O) groups excluding carboxylic acids is 1. The number of pyridine rings is 1. The van der Waals surface area contributed by atoms with E-state index < -0.39 is 29.3 Å². The number of fused-ring (bicyclic) bond motifs is 1. The van der Waals surface area contributed by atoms with Crippen molar-refractivity contribution in [2.75, 3.05) is 10.6 Å². The monoisotopic (exact) mass is 453 g/mol. The predicted molar refractivity (Wildman–Crippen MR) is 114 cm³/mol. The summed E-state index contributed by atoms with van der Waals surface area (Å²) in [5.74, 6) is -0.989. The third-order valence-electron chi connectivity index (χ3n) is 4.90. The zero-order valence-corrected chi connectivity index (χ0v) is 16.8. The molecule has 2 aromatic carbocycles. The van der Waals surface area contributed by atoms with Gasteiger partial charge in [-0.15, -0.1) is 0 Å². The van der Waals surface area contributed by atoms with Gasteiger partial charge in [0, 0.05) is 24.3 Å². The van der Waals surface area contributed by atoms with Crippen LogP contribution < -0.4 is 10.6 Å². The maximum absolute atomic E-state index is 13.9. The van der Waals surface area contributed by atoms with Crippen molar-refractivity contribution in [2.45, 2.75) is 12.7 Å². The number of hydrogen-bond acceptors (Lipinski definition) is 3. The van der Waals surface area contributed by atoms with Crippen LogP contribution in [0.2, 0.25) is 0 Å². The average molecular weight is 453 g/mol. The normalized spacial score (nSPS) is 11.2. The standard InChI is InChI=1S/C23H15F4N5O/c24-18-5-4-15(23(25,26)27)11-20(18)31-22(33)30-19-2-1-3-21-17(19)7-9-32(21)13-14-6-8-29-16(10-14)12-28/h1-11H,13H2,(H2,30,31,33). The van der Waals surface area contributed by atoms with Gasteiger partial charge in [0.25, 0.3) is 0 Å². The van der Waals surface area contributed by atoms with Crippen LogP contribution in [0, 0.1) is 17.1 Å². The Balaban J connectivity index is 1.55. The van der Waals surface area contributed by atoms with Crippen molar-refractivity contribution >= 4 is 28.3 Å². The highest BCUT2D eigenvalue weighted by Gasteiger charge is 2.31. The molecule has 0 aliphatic rings. The molecule has 0 aliphatic heterocycles. The van der Waals surface area contributed by atoms with Crippen LogP contribution in [0.4, 0.5) is 33.7 Å². The van der Waals surface area contributed by atoms with Crippen LogP contribution in [0.5, 0.6) is 0 Å². The van der Waals surface area contributed by atoms with E-state index in [-0.39, 0.29) is 0 Å². The topological polar surface area (TPSA) is 82.7 Å². The molecule has 2 heterocycles. The fourth-order valence-electron chi connectivity index (χ4n) is 3.37. The Kier molecular flexibility index (Phi) is 5.70. The number of anilines is 2. The highest BCUT2D eigenvalue weighted by molar-refractivity contribution is 6.05. The van der Waals surface area contributed by atoms with Crippen LogP contribution in [0.1, 0.15) is 16.8 Å². The van der Waals surface area contributed by atoms with Crippen molar-refractivity contribution in [2.24, 2.45) is 0 Å². The number of alkyl halides is 3. The van der Waals surface area contributed by atoms with Gasteiger partial charge < -0.3 is 15.2 Å². The van der Waals surface area contributed by atoms with Crippen molar-refractivity contribution < 1.29 is 22.4 Å². The molecule has 2 aromatic heterocycles. The van der Waals surface area contributed by atoms with E-state index in [4.69, 9.17) is 5.26 Å². The third kappa shape index (κ3) is 4.77. The first-order valence-electron chi connectivity index (χ1n) is 9.62. The molecule has 0 bridgehead atoms. The van der Waals surface area contributed by atoms with Crippen LogP contribution in [0.15, 0.2) is 67.0 Å². The number of amides is 2. The minimum Gasteiger partial charge on any atom is -0.343 e. The van der Waals surface area contributed by atoms with E-state index in [0.29, 0.717) is 41.5 Å². The first-order chi connectivity index (χ1) is 15.7. The first kappa shape index (κ1) is 21.8. The summed E-state index contributed by atoms with van der Waals surface area (Å²) < 4.78 is 54.5. The van der Waals surface area contributed by atoms with E-state index in [9.17, 15) is 22.4 Å². The molecule has 33 heavy (non-hydrogen) atoms. The summed E-state index contributed by atoms with van der Waals surface area (Å²) in [7, 11) is 0. The molecule has 0 spiro atoms. The van der Waals surface area contributed by atoms with Crippen molar-refractivity contribution in [3.8, 4) is 6.07 Å². The van der Waals surface area contributed by atoms with E-state index in [0.717, 1.165) is 11.1 Å². The third-order valence-corrected chi connectivity index (χ3v) is 4.90. The molecule has 0 fully saturated rings. The van der Waals surface area contributed by atoms with E-state index in [1.54, 1.807) is 42.7 Å². The molecule has 4 aromatic rings. The highest BCUT2D eigenvalue weighted by Crippen LogP contribution is 2.32. The Bertz CT molecular complexity index is 1390. The van der Waals surface area contributed by atoms with E-state index in [1.165, 1.54) is 0 Å². The zero-order chi connectivity index (χ0) is 23.6. The number of nitrogens with zero attached hydrogens (tertiary/aromatic N) is 3. The lowest BCUT2D eigenvalue weighted by Gasteiger charge is -2.12. The average Bonchev–Trinajstić information content (AvgIpc) is 3.18. The molecular weight excluding hydrogens is 438 g/mol. The summed E-state index contributed by atoms with van der Waals surface area (Å²) in [6.07, 6.45) is -1.32. The van der Waals surface area contributed by atoms with Crippen molar-refractivity contribution in [1.82, 2.24) is 9.55 Å². The molecule has 2 N–H and O–H groups in total. The maximum atomic E-state index is 13.9. The number of nitriles is 1. The lowest BCUT2D eigenvalue weighted by Crippen LogP contribution is -2.20. The molecule has 10 heteroatoms. The quantitative estimate of drug-likeness (QED) is 0.386. The van der Waals surface area contributed by atoms with E-state index in [2.05, 4.69) is 15.6 Å². The summed E-state index contributed by atoms with van der Waals surface area (Å²) >= 11 is 0. The number of urea groups is 1. The number of nitrogens with one attached hydrogen (secondary N) is 2. The summed E-state index contributed by atoms with van der Waals surface area (Å²) in [6, 6.07) is 13.3. The number of rotatable bonds is 4. The van der Waals surface area contributed by atoms with Gasteiger partial charge in [-0.1, -0.05) is 6.07 Å². The van der Waals surface area contributed by atoms with Crippen LogP contribution in [-0.4, -0.2) is 15.6 Å². The zero-order valence-electron chi connectivity index (χ0n) is 16.8. The van der Waals surface area contributed by atoms with Gasteiger partial charge in [0.2, 0.25) is 0 Å². The van der Waals surface area contributed by atoms with Crippen LogP contribution in [0.25, 0.3) is 10.9 Å². The fraction of sp³-hybridized carbons (Fsp3) is 0.0870. The molecular formula is C23H15F4N5O. The lowest BCUT2D eigenvalue weighted by molar-refractivity contribution is -0.137. The Morgan fingerprint density at radius 3 is 2.61 bits per heavy atom. The van der Waals surface area contributed by atoms with Gasteiger partial charge in [0.15, 0.2) is 0 Å². The van der Waals surface area contributed by atoms with Gasteiger partial charge in [-0.05, 0) is 54.1 Å². The Morgan fingerprint density at radius 1 is 1.06 bits per heavy atom. The second kappa shape index (κ2) is 8.63. The molecule has 166 valence electrons. The second-order valence-electron chi connectivity index (χ2n) is 7.11. The van der Waals surface area contributed by atoms with Gasteiger partial charge in [-0.3, -0.25) is 0 Å². The highest BCUT2D eigenvalue weighted by atomic mass is 19.4. The van der Waals surface area contributed by atoms with Crippen LogP contribution in [-0.2, 0) is 12.7 Å². The van der Waals surface area contributed by atoms with Crippen molar-refractivity contribution in [1.29, 1.82) is 5.26 Å². The van der Waals surface area contributed by atoms with Gasteiger partial charge in [0.05, 0.1) is 22.5 Å². The first-order valence-corrected chi connectivity index (χ1v) is 9.62. The minimum atomic E-state index is -4.67. The molecule has 0 radical (unpaired) electrons. The van der Waals surface area contributed by atoms with Gasteiger partial charge >= 0.3 is 12.2 Å². The van der Waals surface area contributed by atoms with Gasteiger partial charge in [-0.2, -0.15) is 18.4 Å². The smallest absolute Gasteiger partial charge is 0.343 e. The number of hydrogen-bond donors (Lipinski definition) is 2. The van der Waals surface area contributed by atoms with Crippen molar-refractivity contribution in [3.05, 3.63) is 89.6 Å². The summed E-state index contributed by atoms with van der Waals surface area (Å²) in [5.41, 5.74) is 0.657. The van der Waals surface area contributed by atoms with E-state index >= 15 is 0 Å². The maximum Gasteiger partial charge on any atom is 0.416 e. The summed E-state index contributed by atoms with van der Waals surface area (Å²) in [5, 5.41) is 14.4. The van der Waals surface area contributed by atoms with Gasteiger partial charge in [-0.25, -0.2) is 14.2 Å². The molecule has 0 atom stereocenters. The Morgan fingerprint density at radius 2 is 1.85 bits per heavy atom. The van der Waals surface area contributed by atoms with Crippen molar-refractivity contribution in [3.63, 3.8) is 0 Å². The molecule has 0 aliphatic carbocycles. The number of carbonyl (C=O) groups is 1. The summed E-state index contributed by atoms with van der Waals surface area (Å²) in [6.45, 7) is 0.450. The van der Waals surface area contributed by atoms with Crippen LogP contribution in [0.3, 0.4) is 0 Å². The minimum absolute atomic E-state index is 0.296. The SMILES string of the molecule is N#Cc1cc(Cn2ccc3c(NC(=O)Nc4cc(C(F)(F)F)ccc4F)cccc32)ccn1. The number of halogens is 4. The molecule has 4 rings (SSSR count). The molecule has 6 nitrogen and oxygen atoms in total. The molecule has 0 saturated heterocycles. The van der Waals surface area contributed by atoms with Crippen LogP contribution >= 0.6 is 0 Å². The predicted octanol–water partition coefficient (Wildman–Crippen LogP) is 5.76. The number of benzene rings is 2. The summed E-state index contributed by atoms with van der Waals surface area (Å²) in [4.78, 5) is 16.3. The fourth-order valence-corrected chi connectivity index (χ4v) is 3.37. The Hall–Kier alpha value is -4.39. The Labute approximate surface area is 185 Å². The molecule has 0 saturated carbocycles. The lowest BCUT2D eigenvalue weighted by atomic mass is 10.2.